The van der Waals surface area contributed by atoms with Crippen molar-refractivity contribution in [2.45, 2.75) is 32.9 Å². The number of hydrogen-bond donors (Lipinski definition) is 2. The molecule has 0 spiro atoms. The molecule has 10 heteroatoms. The number of anilines is 2. The predicted octanol–water partition coefficient (Wildman–Crippen LogP) is 2.67. The molecule has 1 amide bonds. The van der Waals surface area contributed by atoms with Crippen LogP contribution in [-0.2, 0) is 13.1 Å². The minimum absolute atomic E-state index is 0.00984. The summed E-state index contributed by atoms with van der Waals surface area (Å²) >= 11 is 0. The van der Waals surface area contributed by atoms with Gasteiger partial charge in [-0.15, -0.1) is 0 Å². The van der Waals surface area contributed by atoms with E-state index in [0.29, 0.717) is 6.42 Å². The molecule has 32 heavy (non-hydrogen) atoms. The molecular formula is C22H23N5O5. The third-order valence-electron chi connectivity index (χ3n) is 4.97. The summed E-state index contributed by atoms with van der Waals surface area (Å²) in [4.78, 5) is 52.3. The fourth-order valence-corrected chi connectivity index (χ4v) is 3.28. The van der Waals surface area contributed by atoms with Gasteiger partial charge in [0.2, 0.25) is 0 Å². The molecule has 0 saturated carbocycles. The average molecular weight is 437 g/mol. The standard InChI is InChI=1S/C22H23N5O5/c1-2-3-13-25-19(23)18(20(28)24-22(25)30)26(14-15-7-5-4-6-8-15)21(29)16-9-11-17(12-10-16)27(31)32/h4-12H,2-3,13-14,23H2,1H3,(H,24,28,30). The Kier molecular flexibility index (Phi) is 6.83. The van der Waals surface area contributed by atoms with Crippen LogP contribution in [0.4, 0.5) is 17.2 Å². The molecule has 3 N–H and O–H groups in total. The van der Waals surface area contributed by atoms with Crippen LogP contribution in [0.2, 0.25) is 0 Å². The molecule has 0 unspecified atom stereocenters. The van der Waals surface area contributed by atoms with Gasteiger partial charge in [-0.3, -0.25) is 34.2 Å². The lowest BCUT2D eigenvalue weighted by atomic mass is 10.1. The van der Waals surface area contributed by atoms with Gasteiger partial charge in [0.1, 0.15) is 5.82 Å². The summed E-state index contributed by atoms with van der Waals surface area (Å²) in [6.07, 6.45) is 1.46. The van der Waals surface area contributed by atoms with Crippen molar-refractivity contribution in [3.8, 4) is 0 Å². The van der Waals surface area contributed by atoms with Crippen molar-refractivity contribution in [2.75, 3.05) is 10.6 Å². The Bertz CT molecular complexity index is 1230. The van der Waals surface area contributed by atoms with Gasteiger partial charge < -0.3 is 5.73 Å². The molecule has 1 heterocycles. The summed E-state index contributed by atoms with van der Waals surface area (Å²) in [7, 11) is 0. The molecule has 0 aliphatic heterocycles. The Balaban J connectivity index is 2.13. The zero-order valence-corrected chi connectivity index (χ0v) is 17.5. The monoisotopic (exact) mass is 437 g/mol. The Morgan fingerprint density at radius 2 is 1.78 bits per heavy atom. The number of hydrogen-bond acceptors (Lipinski definition) is 6. The van der Waals surface area contributed by atoms with Crippen molar-refractivity contribution in [3.05, 3.63) is 96.7 Å². The highest BCUT2D eigenvalue weighted by atomic mass is 16.6. The largest absolute Gasteiger partial charge is 0.383 e. The van der Waals surface area contributed by atoms with Gasteiger partial charge in [0, 0.05) is 24.2 Å². The number of H-pyrrole nitrogens is 1. The number of aromatic amines is 1. The smallest absolute Gasteiger partial charge is 0.330 e. The molecule has 0 atom stereocenters. The van der Waals surface area contributed by atoms with Crippen molar-refractivity contribution in [1.82, 2.24) is 9.55 Å². The minimum Gasteiger partial charge on any atom is -0.383 e. The number of non-ortho nitro benzene ring substituents is 1. The molecule has 0 aliphatic rings. The van der Waals surface area contributed by atoms with E-state index in [1.165, 1.54) is 33.7 Å². The van der Waals surface area contributed by atoms with Gasteiger partial charge in [0.15, 0.2) is 5.69 Å². The first-order chi connectivity index (χ1) is 15.3. The summed E-state index contributed by atoms with van der Waals surface area (Å²) in [5.74, 6) is -0.694. The van der Waals surface area contributed by atoms with E-state index in [1.54, 1.807) is 24.3 Å². The van der Waals surface area contributed by atoms with E-state index in [2.05, 4.69) is 4.98 Å². The quantitative estimate of drug-likeness (QED) is 0.409. The number of nitrogens with two attached hydrogens (primary N) is 1. The van der Waals surface area contributed by atoms with Crippen molar-refractivity contribution >= 4 is 23.1 Å². The molecule has 3 aromatic rings. The highest BCUT2D eigenvalue weighted by molar-refractivity contribution is 6.07. The van der Waals surface area contributed by atoms with Crippen LogP contribution >= 0.6 is 0 Å². The highest BCUT2D eigenvalue weighted by Crippen LogP contribution is 2.23. The molecule has 0 fully saturated rings. The molecule has 0 saturated heterocycles. The number of benzene rings is 2. The SMILES string of the molecule is CCCCn1c(N)c(N(Cc2ccccc2)C(=O)c2ccc([N+](=O)[O-])cc2)c(=O)[nH]c1=O. The van der Waals surface area contributed by atoms with Crippen molar-refractivity contribution in [1.29, 1.82) is 0 Å². The number of nitrogens with zero attached hydrogens (tertiary/aromatic N) is 3. The molecule has 0 aliphatic carbocycles. The fraction of sp³-hybridized carbons (Fsp3) is 0.227. The van der Waals surface area contributed by atoms with E-state index in [1.807, 2.05) is 13.0 Å². The van der Waals surface area contributed by atoms with Gasteiger partial charge in [-0.1, -0.05) is 43.7 Å². The van der Waals surface area contributed by atoms with Gasteiger partial charge in [0.05, 0.1) is 11.5 Å². The van der Waals surface area contributed by atoms with Crippen LogP contribution in [0.5, 0.6) is 0 Å². The van der Waals surface area contributed by atoms with Crippen LogP contribution in [0.25, 0.3) is 0 Å². The number of carbonyl (C=O) groups is 1. The first-order valence-corrected chi connectivity index (χ1v) is 10.1. The topological polar surface area (TPSA) is 144 Å². The average Bonchev–Trinajstić information content (AvgIpc) is 2.78. The Hall–Kier alpha value is -4.21. The summed E-state index contributed by atoms with van der Waals surface area (Å²) in [5, 5.41) is 10.9. The number of nitro groups is 1. The van der Waals surface area contributed by atoms with Crippen molar-refractivity contribution in [3.63, 3.8) is 0 Å². The van der Waals surface area contributed by atoms with E-state index >= 15 is 0 Å². The zero-order valence-electron chi connectivity index (χ0n) is 17.5. The highest BCUT2D eigenvalue weighted by Gasteiger charge is 2.26. The molecule has 0 radical (unpaired) electrons. The number of carbonyl (C=O) groups excluding carboxylic acids is 1. The van der Waals surface area contributed by atoms with Gasteiger partial charge in [-0.25, -0.2) is 4.79 Å². The second kappa shape index (κ2) is 9.73. The number of nitrogens with one attached hydrogen (secondary N) is 1. The zero-order chi connectivity index (χ0) is 23.3. The predicted molar refractivity (Wildman–Crippen MR) is 121 cm³/mol. The number of nitrogen functional groups attached to an aromatic ring is 1. The first kappa shape index (κ1) is 22.5. The van der Waals surface area contributed by atoms with Crippen molar-refractivity contribution in [2.24, 2.45) is 0 Å². The Labute approximate surface area is 183 Å². The lowest BCUT2D eigenvalue weighted by Gasteiger charge is -2.25. The normalized spacial score (nSPS) is 10.7. The van der Waals surface area contributed by atoms with Crippen LogP contribution in [0.3, 0.4) is 0 Å². The second-order valence-electron chi connectivity index (χ2n) is 7.18. The molecule has 10 nitrogen and oxygen atoms in total. The molecule has 1 aromatic heterocycles. The maximum Gasteiger partial charge on any atom is 0.330 e. The van der Waals surface area contributed by atoms with Crippen LogP contribution in [0, 0.1) is 10.1 Å². The van der Waals surface area contributed by atoms with Crippen LogP contribution in [-0.4, -0.2) is 20.4 Å². The van der Waals surface area contributed by atoms with Gasteiger partial charge in [0.25, 0.3) is 17.2 Å². The van der Waals surface area contributed by atoms with Gasteiger partial charge >= 0.3 is 5.69 Å². The molecule has 3 rings (SSSR count). The summed E-state index contributed by atoms with van der Waals surface area (Å²) in [6.45, 7) is 2.25. The lowest BCUT2D eigenvalue weighted by Crippen LogP contribution is -2.41. The van der Waals surface area contributed by atoms with Crippen LogP contribution in [0.15, 0.2) is 64.2 Å². The number of rotatable bonds is 8. The van der Waals surface area contributed by atoms with Crippen LogP contribution in [0.1, 0.15) is 35.7 Å². The van der Waals surface area contributed by atoms with E-state index < -0.39 is 22.1 Å². The summed E-state index contributed by atoms with van der Waals surface area (Å²) in [5.41, 5.74) is 5.34. The maximum atomic E-state index is 13.4. The Morgan fingerprint density at radius 1 is 1.12 bits per heavy atom. The molecule has 166 valence electrons. The third-order valence-corrected chi connectivity index (χ3v) is 4.97. The van der Waals surface area contributed by atoms with E-state index in [-0.39, 0.29) is 35.8 Å². The van der Waals surface area contributed by atoms with E-state index in [0.717, 1.165) is 12.0 Å². The number of nitro benzene ring substituents is 1. The molecule has 2 aromatic carbocycles. The van der Waals surface area contributed by atoms with Crippen molar-refractivity contribution < 1.29 is 9.72 Å². The number of aromatic nitrogens is 2. The summed E-state index contributed by atoms with van der Waals surface area (Å²) in [6, 6.07) is 14.0. The fourth-order valence-electron chi connectivity index (χ4n) is 3.28. The van der Waals surface area contributed by atoms with E-state index in [4.69, 9.17) is 5.73 Å². The minimum atomic E-state index is -0.786. The van der Waals surface area contributed by atoms with Gasteiger partial charge in [-0.05, 0) is 24.1 Å². The number of unbranched alkanes of at least 4 members (excludes halogenated alkanes) is 1. The van der Waals surface area contributed by atoms with Gasteiger partial charge in [-0.2, -0.15) is 0 Å². The molecular weight excluding hydrogens is 414 g/mol. The second-order valence-corrected chi connectivity index (χ2v) is 7.18. The first-order valence-electron chi connectivity index (χ1n) is 10.1. The Morgan fingerprint density at radius 3 is 2.38 bits per heavy atom. The van der Waals surface area contributed by atoms with Crippen LogP contribution < -0.4 is 21.9 Å². The van der Waals surface area contributed by atoms with E-state index in [9.17, 15) is 24.5 Å². The maximum absolute atomic E-state index is 13.4. The molecule has 0 bridgehead atoms. The lowest BCUT2D eigenvalue weighted by molar-refractivity contribution is -0.384. The summed E-state index contributed by atoms with van der Waals surface area (Å²) < 4.78 is 1.24. The number of amides is 1. The third kappa shape index (κ3) is 4.75.